The zero-order chi connectivity index (χ0) is 14.1. The smallest absolute Gasteiger partial charge is 0.189 e. The monoisotopic (exact) mass is 269 g/mol. The summed E-state index contributed by atoms with van der Waals surface area (Å²) in [6.07, 6.45) is 1.88. The maximum atomic E-state index is 5.40. The molecule has 0 aliphatic carbocycles. The van der Waals surface area contributed by atoms with E-state index in [1.807, 2.05) is 43.5 Å². The van der Waals surface area contributed by atoms with Crippen molar-refractivity contribution in [2.24, 2.45) is 0 Å². The van der Waals surface area contributed by atoms with Crippen LogP contribution in [0.3, 0.4) is 0 Å². The number of pyridine rings is 1. The zero-order valence-corrected chi connectivity index (χ0v) is 11.6. The Balaban J connectivity index is 2.27. The van der Waals surface area contributed by atoms with Gasteiger partial charge in [-0.15, -0.1) is 5.10 Å². The van der Waals surface area contributed by atoms with Crippen LogP contribution in [0, 0.1) is 6.92 Å². The summed E-state index contributed by atoms with van der Waals surface area (Å²) in [4.78, 5) is 4.59. The first kappa shape index (κ1) is 12.5. The molecule has 0 spiro atoms. The van der Waals surface area contributed by atoms with Gasteiger partial charge in [-0.2, -0.15) is 0 Å². The van der Waals surface area contributed by atoms with Crippen molar-refractivity contribution in [1.82, 2.24) is 14.6 Å². The number of ether oxygens (including phenoxy) is 2. The average molecular weight is 269 g/mol. The van der Waals surface area contributed by atoms with Crippen molar-refractivity contribution < 1.29 is 9.47 Å². The van der Waals surface area contributed by atoms with E-state index in [1.54, 1.807) is 18.7 Å². The van der Waals surface area contributed by atoms with E-state index >= 15 is 0 Å². The molecule has 5 heteroatoms. The number of benzene rings is 1. The number of aryl methyl sites for hydroxylation is 1. The van der Waals surface area contributed by atoms with Crippen LogP contribution in [0.5, 0.6) is 11.5 Å². The van der Waals surface area contributed by atoms with Gasteiger partial charge in [-0.1, -0.05) is 12.1 Å². The second-order valence-corrected chi connectivity index (χ2v) is 4.43. The van der Waals surface area contributed by atoms with E-state index in [4.69, 9.17) is 9.47 Å². The van der Waals surface area contributed by atoms with Crippen LogP contribution in [-0.4, -0.2) is 28.8 Å². The van der Waals surface area contributed by atoms with Crippen LogP contribution >= 0.6 is 0 Å². The van der Waals surface area contributed by atoms with Crippen molar-refractivity contribution in [3.63, 3.8) is 0 Å². The van der Waals surface area contributed by atoms with Crippen LogP contribution in [0.4, 0.5) is 0 Å². The minimum atomic E-state index is 0.591. The molecule has 0 saturated carbocycles. The first-order valence-electron chi connectivity index (χ1n) is 6.28. The summed E-state index contributed by atoms with van der Waals surface area (Å²) in [5.41, 5.74) is 2.66. The van der Waals surface area contributed by atoms with Crippen molar-refractivity contribution in [2.45, 2.75) is 6.92 Å². The maximum Gasteiger partial charge on any atom is 0.189 e. The minimum Gasteiger partial charge on any atom is -0.496 e. The first-order valence-corrected chi connectivity index (χ1v) is 6.28. The summed E-state index contributed by atoms with van der Waals surface area (Å²) in [6.45, 7) is 2.01. The number of rotatable bonds is 3. The van der Waals surface area contributed by atoms with Crippen LogP contribution < -0.4 is 9.47 Å². The zero-order valence-electron chi connectivity index (χ0n) is 11.6. The van der Waals surface area contributed by atoms with Gasteiger partial charge < -0.3 is 9.47 Å². The summed E-state index contributed by atoms with van der Waals surface area (Å²) < 4.78 is 12.6. The highest BCUT2D eigenvalue weighted by Gasteiger charge is 2.17. The molecule has 0 atom stereocenters. The van der Waals surface area contributed by atoms with E-state index < -0.39 is 0 Å². The summed E-state index contributed by atoms with van der Waals surface area (Å²) >= 11 is 0. The van der Waals surface area contributed by atoms with Crippen molar-refractivity contribution in [2.75, 3.05) is 14.2 Å². The van der Waals surface area contributed by atoms with Gasteiger partial charge in [0.15, 0.2) is 11.5 Å². The van der Waals surface area contributed by atoms with E-state index in [2.05, 4.69) is 10.1 Å². The molecular formula is C15H15N3O2. The van der Waals surface area contributed by atoms with Gasteiger partial charge in [-0.25, -0.2) is 9.50 Å². The van der Waals surface area contributed by atoms with Crippen LogP contribution in [0.2, 0.25) is 0 Å². The second kappa shape index (κ2) is 4.85. The summed E-state index contributed by atoms with van der Waals surface area (Å²) in [6, 6.07) is 9.57. The fraction of sp³-hybridized carbons (Fsp3) is 0.200. The number of methoxy groups -OCH3 is 2. The summed E-state index contributed by atoms with van der Waals surface area (Å²) in [5, 5.41) is 4.51. The quantitative estimate of drug-likeness (QED) is 0.733. The Morgan fingerprint density at radius 1 is 1.00 bits per heavy atom. The Morgan fingerprint density at radius 2 is 1.70 bits per heavy atom. The van der Waals surface area contributed by atoms with Gasteiger partial charge in [-0.3, -0.25) is 0 Å². The number of hydrogen-bond acceptors (Lipinski definition) is 4. The molecule has 0 N–H and O–H groups in total. The SMILES string of the molecule is COc1cccc(OC)c1-c1nc2c(C)cccn2n1. The second-order valence-electron chi connectivity index (χ2n) is 4.43. The molecule has 3 aromatic rings. The molecule has 0 fully saturated rings. The molecular weight excluding hydrogens is 254 g/mol. The Labute approximate surface area is 116 Å². The third-order valence-corrected chi connectivity index (χ3v) is 3.21. The van der Waals surface area contributed by atoms with Crippen LogP contribution in [0.15, 0.2) is 36.5 Å². The molecule has 1 aromatic carbocycles. The molecule has 102 valence electrons. The number of aromatic nitrogens is 3. The van der Waals surface area contributed by atoms with Gasteiger partial charge in [0, 0.05) is 6.20 Å². The highest BCUT2D eigenvalue weighted by atomic mass is 16.5. The third kappa shape index (κ3) is 1.87. The van der Waals surface area contributed by atoms with Gasteiger partial charge in [0.25, 0.3) is 0 Å². The Hall–Kier alpha value is -2.56. The van der Waals surface area contributed by atoms with E-state index in [9.17, 15) is 0 Å². The van der Waals surface area contributed by atoms with Gasteiger partial charge in [0.05, 0.1) is 14.2 Å². The molecule has 0 bridgehead atoms. The largest absolute Gasteiger partial charge is 0.496 e. The van der Waals surface area contributed by atoms with E-state index in [0.717, 1.165) is 16.8 Å². The average Bonchev–Trinajstić information content (AvgIpc) is 2.91. The third-order valence-electron chi connectivity index (χ3n) is 3.21. The highest BCUT2D eigenvalue weighted by Crippen LogP contribution is 2.36. The number of fused-ring (bicyclic) bond motifs is 1. The fourth-order valence-electron chi connectivity index (χ4n) is 2.22. The van der Waals surface area contributed by atoms with Gasteiger partial charge in [0.2, 0.25) is 0 Å². The van der Waals surface area contributed by atoms with Crippen molar-refractivity contribution >= 4 is 5.65 Å². The van der Waals surface area contributed by atoms with E-state index in [1.165, 1.54) is 0 Å². The van der Waals surface area contributed by atoms with Gasteiger partial charge in [-0.05, 0) is 30.7 Å². The summed E-state index contributed by atoms with van der Waals surface area (Å²) in [7, 11) is 3.25. The molecule has 5 nitrogen and oxygen atoms in total. The van der Waals surface area contributed by atoms with Crippen molar-refractivity contribution in [1.29, 1.82) is 0 Å². The predicted octanol–water partition coefficient (Wildman–Crippen LogP) is 2.72. The standard InChI is InChI=1S/C15H15N3O2/c1-10-6-5-9-18-15(10)16-14(17-18)13-11(19-2)7-4-8-12(13)20-3/h4-9H,1-3H3. The number of hydrogen-bond donors (Lipinski definition) is 0. The molecule has 0 saturated heterocycles. The lowest BCUT2D eigenvalue weighted by atomic mass is 10.1. The Kier molecular flexibility index (Phi) is 3.02. The molecule has 0 radical (unpaired) electrons. The van der Waals surface area contributed by atoms with Crippen LogP contribution in [0.25, 0.3) is 17.0 Å². The normalized spacial score (nSPS) is 10.8. The highest BCUT2D eigenvalue weighted by molar-refractivity contribution is 5.73. The lowest BCUT2D eigenvalue weighted by molar-refractivity contribution is 0.397. The lowest BCUT2D eigenvalue weighted by Gasteiger charge is -2.09. The van der Waals surface area contributed by atoms with E-state index in [-0.39, 0.29) is 0 Å². The van der Waals surface area contributed by atoms with Gasteiger partial charge >= 0.3 is 0 Å². The molecule has 0 aliphatic rings. The van der Waals surface area contributed by atoms with E-state index in [0.29, 0.717) is 17.3 Å². The Bertz CT molecular complexity index is 743. The molecule has 2 aromatic heterocycles. The molecule has 2 heterocycles. The maximum absolute atomic E-state index is 5.40. The van der Waals surface area contributed by atoms with Crippen molar-refractivity contribution in [3.8, 4) is 22.9 Å². The van der Waals surface area contributed by atoms with Crippen molar-refractivity contribution in [3.05, 3.63) is 42.1 Å². The van der Waals surface area contributed by atoms with Crippen LogP contribution in [0.1, 0.15) is 5.56 Å². The molecule has 20 heavy (non-hydrogen) atoms. The topological polar surface area (TPSA) is 48.7 Å². The Morgan fingerprint density at radius 3 is 2.30 bits per heavy atom. The molecule has 3 rings (SSSR count). The molecule has 0 amide bonds. The molecule has 0 aliphatic heterocycles. The predicted molar refractivity (Wildman–Crippen MR) is 76.3 cm³/mol. The lowest BCUT2D eigenvalue weighted by Crippen LogP contribution is -1.94. The van der Waals surface area contributed by atoms with Crippen LogP contribution in [-0.2, 0) is 0 Å². The first-order chi connectivity index (χ1) is 9.74. The van der Waals surface area contributed by atoms with Gasteiger partial charge in [0.1, 0.15) is 17.1 Å². The fourth-order valence-corrected chi connectivity index (χ4v) is 2.22. The summed E-state index contributed by atoms with van der Waals surface area (Å²) in [5.74, 6) is 1.98. The number of nitrogens with zero attached hydrogens (tertiary/aromatic N) is 3. The molecule has 0 unspecified atom stereocenters. The minimum absolute atomic E-state index is 0.591.